The number of fused-ring (bicyclic) bond motifs is 2. The largest absolute Gasteiger partial charge is 0.476 e. The van der Waals surface area contributed by atoms with E-state index in [9.17, 15) is 0 Å². The molecule has 6 nitrogen and oxygen atoms in total. The van der Waals surface area contributed by atoms with Crippen molar-refractivity contribution in [3.05, 3.63) is 48.7 Å². The summed E-state index contributed by atoms with van der Waals surface area (Å²) >= 11 is 0. The number of hydrogen-bond donors (Lipinski definition) is 1. The van der Waals surface area contributed by atoms with E-state index in [0.717, 1.165) is 16.6 Å². The van der Waals surface area contributed by atoms with E-state index >= 15 is 0 Å². The van der Waals surface area contributed by atoms with Crippen molar-refractivity contribution < 1.29 is 4.74 Å². The highest BCUT2D eigenvalue weighted by Crippen LogP contribution is 2.26. The van der Waals surface area contributed by atoms with Crippen molar-refractivity contribution in [2.24, 2.45) is 0 Å². The molecule has 2 aromatic heterocycles. The fraction of sp³-hybridized carbons (Fsp3) is 0.111. The number of nitrogen functional groups attached to an aromatic ring is 1. The lowest BCUT2D eigenvalue weighted by molar-refractivity contribution is 0.330. The monoisotopic (exact) mass is 317 g/mol. The van der Waals surface area contributed by atoms with Gasteiger partial charge in [-0.2, -0.15) is 9.97 Å². The molecule has 0 unspecified atom stereocenters. The molecule has 2 aromatic carbocycles. The minimum absolute atomic E-state index is 0.124. The fourth-order valence-electron chi connectivity index (χ4n) is 2.62. The first-order valence-electron chi connectivity index (χ1n) is 7.67. The second-order valence-electron chi connectivity index (χ2n) is 5.31. The van der Waals surface area contributed by atoms with Gasteiger partial charge in [-0.05, 0) is 23.8 Å². The molecule has 0 saturated carbocycles. The molecule has 0 atom stereocenters. The first kappa shape index (κ1) is 14.3. The van der Waals surface area contributed by atoms with Crippen LogP contribution in [0.1, 0.15) is 6.92 Å². The van der Waals surface area contributed by atoms with E-state index in [4.69, 9.17) is 10.5 Å². The summed E-state index contributed by atoms with van der Waals surface area (Å²) in [5.74, 6) is 0.480. The first-order chi connectivity index (χ1) is 11.7. The van der Waals surface area contributed by atoms with Crippen molar-refractivity contribution in [1.82, 2.24) is 19.9 Å². The molecule has 0 aliphatic carbocycles. The van der Waals surface area contributed by atoms with Gasteiger partial charge in [0, 0.05) is 5.56 Å². The molecule has 24 heavy (non-hydrogen) atoms. The summed E-state index contributed by atoms with van der Waals surface area (Å²) in [6.45, 7) is 2.35. The molecule has 118 valence electrons. The van der Waals surface area contributed by atoms with Crippen LogP contribution in [-0.4, -0.2) is 26.5 Å². The van der Waals surface area contributed by atoms with Crippen LogP contribution < -0.4 is 10.5 Å². The van der Waals surface area contributed by atoms with Gasteiger partial charge in [0.15, 0.2) is 11.2 Å². The average Bonchev–Trinajstić information content (AvgIpc) is 2.61. The van der Waals surface area contributed by atoms with Crippen molar-refractivity contribution in [3.8, 4) is 17.1 Å². The maximum Gasteiger partial charge on any atom is 0.247 e. The number of nitrogens with zero attached hydrogens (tertiary/aromatic N) is 4. The Balaban J connectivity index is 1.89. The third-order valence-corrected chi connectivity index (χ3v) is 3.72. The minimum Gasteiger partial charge on any atom is -0.476 e. The molecule has 0 amide bonds. The number of ether oxygens (including phenoxy) is 1. The zero-order valence-electron chi connectivity index (χ0n) is 13.1. The molecular formula is C18H15N5O. The third kappa shape index (κ3) is 2.48. The van der Waals surface area contributed by atoms with Crippen LogP contribution in [0.5, 0.6) is 5.88 Å². The standard InChI is InChI=1S/C18H15N5O/c1-2-24-17-15-16(22-18(19)23-17)20-10-14(21-15)13-8-7-11-5-3-4-6-12(11)9-13/h3-10H,2H2,1H3,(H2,19,20,22,23). The Morgan fingerprint density at radius 1 is 1.00 bits per heavy atom. The summed E-state index contributed by atoms with van der Waals surface area (Å²) in [5, 5.41) is 2.33. The molecule has 0 aliphatic rings. The molecule has 0 saturated heterocycles. The van der Waals surface area contributed by atoms with E-state index in [1.54, 1.807) is 6.20 Å². The van der Waals surface area contributed by atoms with Gasteiger partial charge >= 0.3 is 0 Å². The number of hydrogen-bond acceptors (Lipinski definition) is 6. The molecule has 2 N–H and O–H groups in total. The quantitative estimate of drug-likeness (QED) is 0.624. The van der Waals surface area contributed by atoms with Gasteiger partial charge in [0.25, 0.3) is 0 Å². The molecule has 0 spiro atoms. The lowest BCUT2D eigenvalue weighted by Gasteiger charge is -2.08. The van der Waals surface area contributed by atoms with Crippen LogP contribution in [0.25, 0.3) is 33.2 Å². The SMILES string of the molecule is CCOc1nc(N)nc2ncc(-c3ccc4ccccc4c3)nc12. The van der Waals surface area contributed by atoms with Crippen molar-refractivity contribution >= 4 is 27.9 Å². The summed E-state index contributed by atoms with van der Waals surface area (Å²) in [4.78, 5) is 17.2. The maximum absolute atomic E-state index is 5.70. The first-order valence-corrected chi connectivity index (χ1v) is 7.67. The van der Waals surface area contributed by atoms with E-state index in [2.05, 4.69) is 44.2 Å². The van der Waals surface area contributed by atoms with Crippen LogP contribution in [0.3, 0.4) is 0 Å². The Morgan fingerprint density at radius 2 is 1.83 bits per heavy atom. The molecule has 2 heterocycles. The lowest BCUT2D eigenvalue weighted by atomic mass is 10.1. The predicted molar refractivity (Wildman–Crippen MR) is 93.7 cm³/mol. The summed E-state index contributed by atoms with van der Waals surface area (Å²) in [6, 6.07) is 14.4. The Labute approximate surface area is 138 Å². The van der Waals surface area contributed by atoms with E-state index in [1.807, 2.05) is 25.1 Å². The Morgan fingerprint density at radius 3 is 2.67 bits per heavy atom. The summed E-state index contributed by atoms with van der Waals surface area (Å²) in [5.41, 5.74) is 8.35. The van der Waals surface area contributed by atoms with Gasteiger partial charge in [-0.25, -0.2) is 9.97 Å². The molecule has 4 aromatic rings. The van der Waals surface area contributed by atoms with Crippen LogP contribution in [-0.2, 0) is 0 Å². The number of anilines is 1. The predicted octanol–water partition coefficient (Wildman–Crippen LogP) is 3.22. The van der Waals surface area contributed by atoms with Crippen molar-refractivity contribution in [3.63, 3.8) is 0 Å². The second-order valence-corrected chi connectivity index (χ2v) is 5.31. The van der Waals surface area contributed by atoms with Crippen molar-refractivity contribution in [2.45, 2.75) is 6.92 Å². The topological polar surface area (TPSA) is 86.8 Å². The Kier molecular flexibility index (Phi) is 3.42. The van der Waals surface area contributed by atoms with Crippen molar-refractivity contribution in [1.29, 1.82) is 0 Å². The van der Waals surface area contributed by atoms with Gasteiger partial charge in [0.05, 0.1) is 18.5 Å². The van der Waals surface area contributed by atoms with Gasteiger partial charge < -0.3 is 10.5 Å². The normalized spacial score (nSPS) is 11.0. The van der Waals surface area contributed by atoms with Crippen LogP contribution in [0.15, 0.2) is 48.7 Å². The third-order valence-electron chi connectivity index (χ3n) is 3.72. The molecule has 0 radical (unpaired) electrons. The molecule has 0 bridgehead atoms. The van der Waals surface area contributed by atoms with Gasteiger partial charge in [-0.1, -0.05) is 36.4 Å². The van der Waals surface area contributed by atoms with E-state index in [-0.39, 0.29) is 5.95 Å². The van der Waals surface area contributed by atoms with Crippen molar-refractivity contribution in [2.75, 3.05) is 12.3 Å². The molecule has 0 fully saturated rings. The zero-order valence-corrected chi connectivity index (χ0v) is 13.1. The maximum atomic E-state index is 5.70. The van der Waals surface area contributed by atoms with E-state index < -0.39 is 0 Å². The van der Waals surface area contributed by atoms with E-state index in [0.29, 0.717) is 23.7 Å². The minimum atomic E-state index is 0.124. The molecule has 4 rings (SSSR count). The van der Waals surface area contributed by atoms with Gasteiger partial charge in [-0.3, -0.25) is 0 Å². The smallest absolute Gasteiger partial charge is 0.247 e. The number of nitrogens with two attached hydrogens (primary N) is 1. The van der Waals surface area contributed by atoms with Crippen LogP contribution in [0.4, 0.5) is 5.95 Å². The highest BCUT2D eigenvalue weighted by molar-refractivity contribution is 5.87. The van der Waals surface area contributed by atoms with Gasteiger partial charge in [0.1, 0.15) is 0 Å². The molecular weight excluding hydrogens is 302 g/mol. The van der Waals surface area contributed by atoms with Crippen LogP contribution in [0.2, 0.25) is 0 Å². The highest BCUT2D eigenvalue weighted by atomic mass is 16.5. The number of rotatable bonds is 3. The van der Waals surface area contributed by atoms with Crippen LogP contribution >= 0.6 is 0 Å². The summed E-state index contributed by atoms with van der Waals surface area (Å²) in [6.07, 6.45) is 1.69. The van der Waals surface area contributed by atoms with E-state index in [1.165, 1.54) is 5.39 Å². The van der Waals surface area contributed by atoms with Gasteiger partial charge in [-0.15, -0.1) is 0 Å². The Bertz CT molecular complexity index is 1050. The zero-order chi connectivity index (χ0) is 16.5. The average molecular weight is 317 g/mol. The number of benzene rings is 2. The lowest BCUT2D eigenvalue weighted by Crippen LogP contribution is -2.04. The van der Waals surface area contributed by atoms with Crippen LogP contribution in [0, 0.1) is 0 Å². The summed E-state index contributed by atoms with van der Waals surface area (Å²) in [7, 11) is 0. The van der Waals surface area contributed by atoms with Gasteiger partial charge in [0.2, 0.25) is 11.8 Å². The Hall–Kier alpha value is -3.28. The number of aromatic nitrogens is 4. The highest BCUT2D eigenvalue weighted by Gasteiger charge is 2.12. The summed E-state index contributed by atoms with van der Waals surface area (Å²) < 4.78 is 5.53. The molecule has 0 aliphatic heterocycles. The second kappa shape index (κ2) is 5.73. The molecule has 6 heteroatoms. The fourth-order valence-corrected chi connectivity index (χ4v) is 2.62.